The molecule has 2 aliphatic heterocycles. The second-order valence-corrected chi connectivity index (χ2v) is 8.82. The normalized spacial score (nSPS) is 21.4. The van der Waals surface area contributed by atoms with E-state index in [4.69, 9.17) is 9.47 Å². The third-order valence-electron chi connectivity index (χ3n) is 6.85. The zero-order chi connectivity index (χ0) is 22.0. The standard InChI is InChI=1S/C25H28FN3O3/c26-22-6-2-1-5-21(22)25(8-11-31-12-9-25)24(30)29-10-13-32-17-18(16-29)14-19-4-3-7-23-20(19)15-27-28-23/h1-7,15,18H,8-14,16-17H2,(H,27,28). The van der Waals surface area contributed by atoms with E-state index in [1.807, 2.05) is 29.3 Å². The third kappa shape index (κ3) is 3.91. The summed E-state index contributed by atoms with van der Waals surface area (Å²) in [7, 11) is 0. The van der Waals surface area contributed by atoms with Crippen molar-refractivity contribution in [2.24, 2.45) is 5.92 Å². The Hall–Kier alpha value is -2.77. The van der Waals surface area contributed by atoms with Crippen LogP contribution in [0.1, 0.15) is 24.0 Å². The number of carbonyl (C=O) groups excluding carboxylic acids is 1. The highest BCUT2D eigenvalue weighted by molar-refractivity contribution is 5.88. The summed E-state index contributed by atoms with van der Waals surface area (Å²) in [6.07, 6.45) is 3.61. The molecule has 0 aliphatic carbocycles. The molecule has 1 atom stereocenters. The number of rotatable bonds is 4. The molecular weight excluding hydrogens is 409 g/mol. The van der Waals surface area contributed by atoms with Gasteiger partial charge in [-0.15, -0.1) is 0 Å². The number of nitrogens with one attached hydrogen (secondary N) is 1. The maximum absolute atomic E-state index is 14.9. The topological polar surface area (TPSA) is 67.5 Å². The van der Waals surface area contributed by atoms with Crippen LogP contribution in [0.3, 0.4) is 0 Å². The van der Waals surface area contributed by atoms with Gasteiger partial charge in [0.25, 0.3) is 0 Å². The van der Waals surface area contributed by atoms with E-state index < -0.39 is 5.41 Å². The molecule has 0 saturated carbocycles. The highest BCUT2D eigenvalue weighted by Crippen LogP contribution is 2.38. The zero-order valence-corrected chi connectivity index (χ0v) is 18.1. The second kappa shape index (κ2) is 9.00. The van der Waals surface area contributed by atoms with Gasteiger partial charge in [-0.1, -0.05) is 30.3 Å². The van der Waals surface area contributed by atoms with E-state index in [9.17, 15) is 9.18 Å². The fourth-order valence-electron chi connectivity index (χ4n) is 5.18. The first-order chi connectivity index (χ1) is 15.7. The van der Waals surface area contributed by atoms with E-state index in [2.05, 4.69) is 16.3 Å². The van der Waals surface area contributed by atoms with E-state index in [1.54, 1.807) is 12.1 Å². The quantitative estimate of drug-likeness (QED) is 0.679. The molecule has 168 valence electrons. The van der Waals surface area contributed by atoms with Crippen LogP contribution in [0.2, 0.25) is 0 Å². The highest BCUT2D eigenvalue weighted by atomic mass is 19.1. The number of benzene rings is 2. The molecule has 7 heteroatoms. The van der Waals surface area contributed by atoms with Crippen molar-refractivity contribution < 1.29 is 18.7 Å². The van der Waals surface area contributed by atoms with Crippen LogP contribution >= 0.6 is 0 Å². The lowest BCUT2D eigenvalue weighted by atomic mass is 9.72. The van der Waals surface area contributed by atoms with Crippen molar-refractivity contribution in [2.75, 3.05) is 39.5 Å². The average molecular weight is 438 g/mol. The Kier molecular flexibility index (Phi) is 5.93. The zero-order valence-electron chi connectivity index (χ0n) is 18.1. The summed E-state index contributed by atoms with van der Waals surface area (Å²) >= 11 is 0. The van der Waals surface area contributed by atoms with Crippen LogP contribution < -0.4 is 0 Å². The maximum atomic E-state index is 14.9. The molecule has 1 unspecified atom stereocenters. The summed E-state index contributed by atoms with van der Waals surface area (Å²) in [5, 5.41) is 8.27. The predicted octanol–water partition coefficient (Wildman–Crippen LogP) is 3.47. The van der Waals surface area contributed by atoms with Gasteiger partial charge in [0.2, 0.25) is 5.91 Å². The first kappa shape index (κ1) is 21.1. The van der Waals surface area contributed by atoms with Crippen LogP contribution in [0.15, 0.2) is 48.7 Å². The van der Waals surface area contributed by atoms with Crippen molar-refractivity contribution in [1.29, 1.82) is 0 Å². The van der Waals surface area contributed by atoms with Crippen molar-refractivity contribution in [3.05, 3.63) is 65.6 Å². The van der Waals surface area contributed by atoms with Crippen LogP contribution in [-0.2, 0) is 26.1 Å². The Morgan fingerprint density at radius 3 is 2.81 bits per heavy atom. The van der Waals surface area contributed by atoms with Gasteiger partial charge in [0.15, 0.2) is 0 Å². The SMILES string of the molecule is O=C(N1CCOCC(Cc2cccc3[nH]ncc23)C1)C1(c2ccccc2F)CCOCC1. The lowest BCUT2D eigenvalue weighted by Crippen LogP contribution is -2.51. The lowest BCUT2D eigenvalue weighted by molar-refractivity contribution is -0.142. The Morgan fingerprint density at radius 1 is 1.12 bits per heavy atom. The molecule has 1 aromatic heterocycles. The van der Waals surface area contributed by atoms with Crippen LogP contribution in [0.25, 0.3) is 10.9 Å². The van der Waals surface area contributed by atoms with Gasteiger partial charge in [0, 0.05) is 43.2 Å². The number of nitrogens with zero attached hydrogens (tertiary/aromatic N) is 2. The average Bonchev–Trinajstić information content (AvgIpc) is 3.19. The van der Waals surface area contributed by atoms with Gasteiger partial charge < -0.3 is 14.4 Å². The molecule has 6 nitrogen and oxygen atoms in total. The van der Waals surface area contributed by atoms with Crippen LogP contribution in [-0.4, -0.2) is 60.5 Å². The summed E-state index contributed by atoms with van der Waals surface area (Å²) in [4.78, 5) is 15.9. The summed E-state index contributed by atoms with van der Waals surface area (Å²) in [6.45, 7) is 3.09. The molecule has 2 aliphatic rings. The lowest BCUT2D eigenvalue weighted by Gasteiger charge is -2.40. The number of aromatic nitrogens is 2. The Balaban J connectivity index is 1.41. The largest absolute Gasteiger partial charge is 0.381 e. The van der Waals surface area contributed by atoms with Crippen LogP contribution in [0.4, 0.5) is 4.39 Å². The number of H-pyrrole nitrogens is 1. The van der Waals surface area contributed by atoms with Gasteiger partial charge in [-0.05, 0) is 37.0 Å². The molecule has 3 aromatic rings. The van der Waals surface area contributed by atoms with Crippen molar-refractivity contribution >= 4 is 16.8 Å². The molecule has 32 heavy (non-hydrogen) atoms. The number of aromatic amines is 1. The van der Waals surface area contributed by atoms with Crippen molar-refractivity contribution in [1.82, 2.24) is 15.1 Å². The third-order valence-corrected chi connectivity index (χ3v) is 6.85. The van der Waals surface area contributed by atoms with Crippen molar-refractivity contribution in [3.8, 4) is 0 Å². The van der Waals surface area contributed by atoms with Crippen molar-refractivity contribution in [2.45, 2.75) is 24.7 Å². The second-order valence-electron chi connectivity index (χ2n) is 8.82. The highest BCUT2D eigenvalue weighted by Gasteiger charge is 2.46. The minimum atomic E-state index is -0.886. The van der Waals surface area contributed by atoms with Crippen LogP contribution in [0, 0.1) is 11.7 Å². The first-order valence-corrected chi connectivity index (χ1v) is 11.3. The number of fused-ring (bicyclic) bond motifs is 1. The minimum Gasteiger partial charge on any atom is -0.381 e. The molecule has 0 bridgehead atoms. The molecule has 0 radical (unpaired) electrons. The monoisotopic (exact) mass is 437 g/mol. The summed E-state index contributed by atoms with van der Waals surface area (Å²) in [5.41, 5.74) is 1.79. The number of hydrogen-bond acceptors (Lipinski definition) is 4. The number of halogens is 1. The summed E-state index contributed by atoms with van der Waals surface area (Å²) in [5.74, 6) is -0.181. The van der Waals surface area contributed by atoms with Gasteiger partial charge in [-0.25, -0.2) is 4.39 Å². The van der Waals surface area contributed by atoms with Gasteiger partial charge >= 0.3 is 0 Å². The van der Waals surface area contributed by atoms with Gasteiger partial charge in [-0.3, -0.25) is 9.89 Å². The molecular formula is C25H28FN3O3. The minimum absolute atomic E-state index is 0.0112. The molecule has 1 N–H and O–H groups in total. The maximum Gasteiger partial charge on any atom is 0.233 e. The van der Waals surface area contributed by atoms with E-state index in [0.717, 1.165) is 17.3 Å². The molecule has 1 amide bonds. The number of hydrogen-bond donors (Lipinski definition) is 1. The van der Waals surface area contributed by atoms with Gasteiger partial charge in [-0.2, -0.15) is 5.10 Å². The Morgan fingerprint density at radius 2 is 1.97 bits per heavy atom. The molecule has 2 fully saturated rings. The smallest absolute Gasteiger partial charge is 0.233 e. The van der Waals surface area contributed by atoms with Gasteiger partial charge in [0.05, 0.1) is 30.3 Å². The number of amides is 1. The molecule has 2 saturated heterocycles. The van der Waals surface area contributed by atoms with E-state index in [-0.39, 0.29) is 17.6 Å². The number of ether oxygens (including phenoxy) is 2. The Bertz CT molecular complexity index is 1090. The predicted molar refractivity (Wildman–Crippen MR) is 119 cm³/mol. The van der Waals surface area contributed by atoms with Crippen LogP contribution in [0.5, 0.6) is 0 Å². The number of carbonyl (C=O) groups is 1. The van der Waals surface area contributed by atoms with Gasteiger partial charge in [0.1, 0.15) is 5.82 Å². The van der Waals surface area contributed by atoms with E-state index in [1.165, 1.54) is 11.6 Å². The van der Waals surface area contributed by atoms with E-state index >= 15 is 0 Å². The first-order valence-electron chi connectivity index (χ1n) is 11.3. The molecule has 0 spiro atoms. The summed E-state index contributed by atoms with van der Waals surface area (Å²) in [6, 6.07) is 12.8. The molecule has 2 aromatic carbocycles. The molecule has 3 heterocycles. The van der Waals surface area contributed by atoms with Crippen molar-refractivity contribution in [3.63, 3.8) is 0 Å². The Labute approximate surface area is 186 Å². The fourth-order valence-corrected chi connectivity index (χ4v) is 5.18. The molecule has 5 rings (SSSR count). The summed E-state index contributed by atoms with van der Waals surface area (Å²) < 4.78 is 26.3. The van der Waals surface area contributed by atoms with E-state index in [0.29, 0.717) is 57.9 Å². The fraction of sp³-hybridized carbons (Fsp3) is 0.440.